The van der Waals surface area contributed by atoms with Crippen molar-refractivity contribution in [3.8, 4) is 0 Å². The molecule has 0 atom stereocenters. The van der Waals surface area contributed by atoms with Gasteiger partial charge < -0.3 is 10.0 Å². The van der Waals surface area contributed by atoms with Crippen LogP contribution in [0.2, 0.25) is 0 Å². The summed E-state index contributed by atoms with van der Waals surface area (Å²) in [4.78, 5) is 24.4. The molecule has 0 radical (unpaired) electrons. The molecule has 2 aliphatic rings. The van der Waals surface area contributed by atoms with Gasteiger partial charge in [0.05, 0.1) is 5.41 Å². The summed E-state index contributed by atoms with van der Waals surface area (Å²) < 4.78 is 0. The summed E-state index contributed by atoms with van der Waals surface area (Å²) >= 11 is 0. The monoisotopic (exact) mass is 245 g/mol. The highest BCUT2D eigenvalue weighted by Crippen LogP contribution is 2.49. The third-order valence-corrected chi connectivity index (χ3v) is 4.09. The van der Waals surface area contributed by atoms with Gasteiger partial charge in [0, 0.05) is 20.0 Å². The van der Waals surface area contributed by atoms with Crippen molar-refractivity contribution in [3.05, 3.63) is 34.9 Å². The lowest BCUT2D eigenvalue weighted by atomic mass is 9.93. The van der Waals surface area contributed by atoms with Crippen LogP contribution in [0.15, 0.2) is 18.2 Å². The molecular weight excluding hydrogens is 230 g/mol. The molecular formula is C14H15NO3. The van der Waals surface area contributed by atoms with E-state index in [1.807, 2.05) is 18.2 Å². The molecule has 0 saturated heterocycles. The zero-order chi connectivity index (χ0) is 12.9. The average molecular weight is 245 g/mol. The number of amides is 1. The molecule has 1 aliphatic carbocycles. The number of carbonyl (C=O) groups is 2. The number of carbonyl (C=O) groups excluding carboxylic acids is 1. The Bertz CT molecular complexity index is 546. The van der Waals surface area contributed by atoms with Crippen molar-refractivity contribution in [1.29, 1.82) is 0 Å². The Morgan fingerprint density at radius 3 is 2.44 bits per heavy atom. The van der Waals surface area contributed by atoms with Gasteiger partial charge in [-0.25, -0.2) is 0 Å². The van der Waals surface area contributed by atoms with Crippen LogP contribution in [0.3, 0.4) is 0 Å². The number of hydrogen-bond acceptors (Lipinski definition) is 2. The second kappa shape index (κ2) is 3.57. The number of hydrogen-bond donors (Lipinski definition) is 1. The Morgan fingerprint density at radius 1 is 1.22 bits per heavy atom. The molecule has 0 aromatic heterocycles. The van der Waals surface area contributed by atoms with Crippen molar-refractivity contribution in [3.63, 3.8) is 0 Å². The van der Waals surface area contributed by atoms with Crippen LogP contribution in [0.1, 0.15) is 36.5 Å². The SMILES string of the molecule is CC(=O)N1Cc2ccc(C3(C(=O)O)CC3)cc2C1. The number of rotatable bonds is 2. The first-order valence-electron chi connectivity index (χ1n) is 6.14. The first-order chi connectivity index (χ1) is 8.53. The maximum absolute atomic E-state index is 11.3. The molecule has 1 fully saturated rings. The number of benzene rings is 1. The molecule has 1 aromatic rings. The standard InChI is InChI=1S/C14H15NO3/c1-9(16)15-7-10-2-3-12(6-11(10)8-15)14(4-5-14)13(17)18/h2-3,6H,4-5,7-8H2,1H3,(H,17,18). The van der Waals surface area contributed by atoms with Gasteiger partial charge >= 0.3 is 5.97 Å². The summed E-state index contributed by atoms with van der Waals surface area (Å²) in [5, 5.41) is 9.28. The van der Waals surface area contributed by atoms with Crippen molar-refractivity contribution in [2.24, 2.45) is 0 Å². The highest BCUT2D eigenvalue weighted by atomic mass is 16.4. The van der Waals surface area contributed by atoms with Gasteiger partial charge in [0.25, 0.3) is 0 Å². The van der Waals surface area contributed by atoms with E-state index in [2.05, 4.69) is 0 Å². The normalized spacial score (nSPS) is 19.5. The summed E-state index contributed by atoms with van der Waals surface area (Å²) in [6.07, 6.45) is 1.44. The number of carboxylic acid groups (broad SMARTS) is 1. The maximum Gasteiger partial charge on any atom is 0.314 e. The first-order valence-corrected chi connectivity index (χ1v) is 6.14. The predicted octanol–water partition coefficient (Wildman–Crippen LogP) is 1.66. The lowest BCUT2D eigenvalue weighted by Gasteiger charge is -2.12. The Balaban J connectivity index is 1.93. The Labute approximate surface area is 105 Å². The second-order valence-corrected chi connectivity index (χ2v) is 5.25. The van der Waals surface area contributed by atoms with Gasteiger partial charge in [-0.3, -0.25) is 9.59 Å². The molecule has 3 rings (SSSR count). The topological polar surface area (TPSA) is 57.6 Å². The lowest BCUT2D eigenvalue weighted by Crippen LogP contribution is -2.21. The van der Waals surface area contributed by atoms with E-state index in [0.29, 0.717) is 13.1 Å². The first kappa shape index (κ1) is 11.3. The van der Waals surface area contributed by atoms with Gasteiger partial charge in [0.1, 0.15) is 0 Å². The molecule has 1 heterocycles. The van der Waals surface area contributed by atoms with E-state index in [1.165, 1.54) is 0 Å². The van der Waals surface area contributed by atoms with Gasteiger partial charge in [0.15, 0.2) is 0 Å². The molecule has 4 heteroatoms. The fraction of sp³-hybridized carbons (Fsp3) is 0.429. The van der Waals surface area contributed by atoms with Crippen LogP contribution < -0.4 is 0 Å². The Hall–Kier alpha value is -1.84. The fourth-order valence-electron chi connectivity index (χ4n) is 2.67. The maximum atomic E-state index is 11.3. The molecule has 1 aliphatic heterocycles. The summed E-state index contributed by atoms with van der Waals surface area (Å²) in [5.74, 6) is -0.670. The summed E-state index contributed by atoms with van der Waals surface area (Å²) in [7, 11) is 0. The predicted molar refractivity (Wildman–Crippen MR) is 64.9 cm³/mol. The minimum Gasteiger partial charge on any atom is -0.481 e. The highest BCUT2D eigenvalue weighted by molar-refractivity contribution is 5.85. The van der Waals surface area contributed by atoms with Gasteiger partial charge in [-0.2, -0.15) is 0 Å². The van der Waals surface area contributed by atoms with Crippen LogP contribution in [-0.4, -0.2) is 21.9 Å². The number of fused-ring (bicyclic) bond motifs is 1. The van der Waals surface area contributed by atoms with Crippen LogP contribution in [0.5, 0.6) is 0 Å². The quantitative estimate of drug-likeness (QED) is 0.862. The van der Waals surface area contributed by atoms with E-state index in [1.54, 1.807) is 11.8 Å². The molecule has 1 aromatic carbocycles. The zero-order valence-electron chi connectivity index (χ0n) is 10.3. The molecule has 0 unspecified atom stereocenters. The minimum atomic E-state index is -0.733. The smallest absolute Gasteiger partial charge is 0.314 e. The van der Waals surface area contributed by atoms with Crippen molar-refractivity contribution >= 4 is 11.9 Å². The average Bonchev–Trinajstić information content (AvgIpc) is 3.02. The third-order valence-electron chi connectivity index (χ3n) is 4.09. The van der Waals surface area contributed by atoms with E-state index in [-0.39, 0.29) is 5.91 Å². The number of nitrogens with zero attached hydrogens (tertiary/aromatic N) is 1. The summed E-state index contributed by atoms with van der Waals surface area (Å²) in [5.41, 5.74) is 2.46. The van der Waals surface area contributed by atoms with Crippen molar-refractivity contribution in [2.45, 2.75) is 38.3 Å². The Morgan fingerprint density at radius 2 is 1.89 bits per heavy atom. The van der Waals surface area contributed by atoms with E-state index in [0.717, 1.165) is 29.5 Å². The molecule has 1 N–H and O–H groups in total. The van der Waals surface area contributed by atoms with Crippen LogP contribution in [0, 0.1) is 0 Å². The Kier molecular flexibility index (Phi) is 2.24. The molecule has 1 saturated carbocycles. The van der Waals surface area contributed by atoms with Gasteiger partial charge in [-0.05, 0) is 29.5 Å². The summed E-state index contributed by atoms with van der Waals surface area (Å²) in [6, 6.07) is 5.85. The van der Waals surface area contributed by atoms with Gasteiger partial charge in [-0.1, -0.05) is 18.2 Å². The van der Waals surface area contributed by atoms with E-state index in [4.69, 9.17) is 0 Å². The molecule has 4 nitrogen and oxygen atoms in total. The van der Waals surface area contributed by atoms with Crippen LogP contribution in [0.25, 0.3) is 0 Å². The van der Waals surface area contributed by atoms with Crippen molar-refractivity contribution in [2.75, 3.05) is 0 Å². The molecule has 1 amide bonds. The molecule has 94 valence electrons. The van der Waals surface area contributed by atoms with Crippen LogP contribution >= 0.6 is 0 Å². The largest absolute Gasteiger partial charge is 0.481 e. The van der Waals surface area contributed by atoms with E-state index in [9.17, 15) is 14.7 Å². The van der Waals surface area contributed by atoms with Crippen molar-refractivity contribution in [1.82, 2.24) is 4.90 Å². The van der Waals surface area contributed by atoms with E-state index >= 15 is 0 Å². The van der Waals surface area contributed by atoms with Crippen molar-refractivity contribution < 1.29 is 14.7 Å². The van der Waals surface area contributed by atoms with Crippen LogP contribution in [0.4, 0.5) is 0 Å². The molecule has 0 spiro atoms. The van der Waals surface area contributed by atoms with E-state index < -0.39 is 11.4 Å². The van der Waals surface area contributed by atoms with Crippen LogP contribution in [-0.2, 0) is 28.1 Å². The molecule has 18 heavy (non-hydrogen) atoms. The second-order valence-electron chi connectivity index (χ2n) is 5.25. The fourth-order valence-corrected chi connectivity index (χ4v) is 2.67. The number of aliphatic carboxylic acids is 1. The number of carboxylic acids is 1. The van der Waals surface area contributed by atoms with Gasteiger partial charge in [-0.15, -0.1) is 0 Å². The zero-order valence-corrected chi connectivity index (χ0v) is 10.3. The van der Waals surface area contributed by atoms with Gasteiger partial charge in [0.2, 0.25) is 5.91 Å². The lowest BCUT2D eigenvalue weighted by molar-refractivity contribution is -0.140. The summed E-state index contributed by atoms with van der Waals surface area (Å²) in [6.45, 7) is 2.81. The third kappa shape index (κ3) is 1.52. The highest BCUT2D eigenvalue weighted by Gasteiger charge is 2.51. The molecule has 0 bridgehead atoms. The minimum absolute atomic E-state index is 0.0621.